The van der Waals surface area contributed by atoms with Crippen LogP contribution in [0.5, 0.6) is 0 Å². The number of aryl methyl sites for hydroxylation is 1. The van der Waals surface area contributed by atoms with E-state index in [4.69, 9.17) is 25.4 Å². The van der Waals surface area contributed by atoms with E-state index >= 15 is 0 Å². The molecule has 0 heterocycles. The molecule has 120 valence electrons. The van der Waals surface area contributed by atoms with Crippen molar-refractivity contribution in [1.82, 2.24) is 0 Å². The van der Waals surface area contributed by atoms with Gasteiger partial charge in [0, 0.05) is 33.5 Å². The standard InChI is InChI=1S/C14H22O4S3/c1-12-6-8-13(9-7-12)21(15,19)20-11-5-10-14(16-2,17-3)18-4/h6-9H,5,10-11H2,1-4H3. The molecule has 0 saturated heterocycles. The molecule has 0 amide bonds. The van der Waals surface area contributed by atoms with Gasteiger partial charge in [-0.3, -0.25) is 0 Å². The van der Waals surface area contributed by atoms with Crippen molar-refractivity contribution in [2.45, 2.75) is 30.6 Å². The first-order chi connectivity index (χ1) is 9.89. The minimum atomic E-state index is -2.49. The van der Waals surface area contributed by atoms with Gasteiger partial charge in [0.25, 0.3) is 5.97 Å². The SMILES string of the molecule is COC(CCCSS(=O)(=S)c1ccc(C)cc1)(OC)OC. The molecule has 1 aromatic rings. The van der Waals surface area contributed by atoms with E-state index in [-0.39, 0.29) is 0 Å². The van der Waals surface area contributed by atoms with Crippen LogP contribution in [0.25, 0.3) is 0 Å². The van der Waals surface area contributed by atoms with Crippen molar-refractivity contribution in [3.8, 4) is 0 Å². The lowest BCUT2D eigenvalue weighted by atomic mass is 10.2. The Morgan fingerprint density at radius 3 is 2.14 bits per heavy atom. The van der Waals surface area contributed by atoms with E-state index in [2.05, 4.69) is 0 Å². The molecule has 0 aliphatic heterocycles. The average molecular weight is 351 g/mol. The van der Waals surface area contributed by atoms with Crippen molar-refractivity contribution < 1.29 is 18.4 Å². The van der Waals surface area contributed by atoms with E-state index < -0.39 is 13.5 Å². The summed E-state index contributed by atoms with van der Waals surface area (Å²) in [6, 6.07) is 7.52. The fourth-order valence-corrected chi connectivity index (χ4v) is 5.57. The van der Waals surface area contributed by atoms with E-state index in [0.29, 0.717) is 17.1 Å². The largest absolute Gasteiger partial charge is 0.331 e. The van der Waals surface area contributed by atoms with Gasteiger partial charge in [-0.2, -0.15) is 0 Å². The Bertz CT molecular complexity index is 513. The monoisotopic (exact) mass is 350 g/mol. The molecule has 1 aromatic carbocycles. The Hall–Kier alpha value is -0.180. The number of benzene rings is 1. The second-order valence-corrected chi connectivity index (χ2v) is 10.7. The van der Waals surface area contributed by atoms with Gasteiger partial charge in [0.15, 0.2) is 0 Å². The summed E-state index contributed by atoms with van der Waals surface area (Å²) in [6.45, 7) is 1.99. The molecule has 0 fully saturated rings. The fraction of sp³-hybridized carbons (Fsp3) is 0.571. The lowest BCUT2D eigenvalue weighted by Gasteiger charge is -2.28. The number of hydrogen-bond acceptors (Lipinski definition) is 6. The van der Waals surface area contributed by atoms with E-state index in [0.717, 1.165) is 12.0 Å². The van der Waals surface area contributed by atoms with Gasteiger partial charge < -0.3 is 14.2 Å². The first-order valence-corrected chi connectivity index (χ1v) is 10.5. The van der Waals surface area contributed by atoms with Gasteiger partial charge in [0.05, 0.1) is 4.90 Å². The van der Waals surface area contributed by atoms with Crippen LogP contribution in [0.4, 0.5) is 0 Å². The summed E-state index contributed by atoms with van der Waals surface area (Å²) in [7, 11) is 3.39. The van der Waals surface area contributed by atoms with Crippen LogP contribution in [-0.4, -0.2) is 37.3 Å². The Balaban J connectivity index is 2.53. The van der Waals surface area contributed by atoms with Crippen molar-refractivity contribution in [2.75, 3.05) is 27.1 Å². The van der Waals surface area contributed by atoms with E-state index in [9.17, 15) is 4.21 Å². The third-order valence-electron chi connectivity index (χ3n) is 3.11. The Kier molecular flexibility index (Phi) is 7.59. The molecule has 0 bridgehead atoms. The van der Waals surface area contributed by atoms with E-state index in [1.807, 2.05) is 31.2 Å². The van der Waals surface area contributed by atoms with Gasteiger partial charge in [-0.1, -0.05) is 28.5 Å². The summed E-state index contributed by atoms with van der Waals surface area (Å²) in [4.78, 5) is 0.699. The number of rotatable bonds is 9. The normalized spacial score (nSPS) is 14.9. The molecule has 1 rings (SSSR count). The molecule has 0 radical (unpaired) electrons. The highest BCUT2D eigenvalue weighted by Gasteiger charge is 2.28. The molecule has 21 heavy (non-hydrogen) atoms. The Morgan fingerprint density at radius 1 is 1.14 bits per heavy atom. The zero-order valence-corrected chi connectivity index (χ0v) is 15.2. The van der Waals surface area contributed by atoms with Gasteiger partial charge in [-0.25, -0.2) is 4.21 Å². The number of ether oxygens (including phenoxy) is 3. The molecule has 1 unspecified atom stereocenters. The summed E-state index contributed by atoms with van der Waals surface area (Å²) >= 11 is 5.24. The molecule has 7 heteroatoms. The van der Waals surface area contributed by atoms with E-state index in [1.165, 1.54) is 32.1 Å². The molecule has 0 aliphatic rings. The summed E-state index contributed by atoms with van der Waals surface area (Å²) in [5, 5.41) is 0. The number of methoxy groups -OCH3 is 3. The maximum atomic E-state index is 12.5. The topological polar surface area (TPSA) is 44.8 Å². The molecule has 1 atom stereocenters. The van der Waals surface area contributed by atoms with Crippen molar-refractivity contribution in [3.05, 3.63) is 29.8 Å². The molecule has 0 N–H and O–H groups in total. The molecule has 0 aliphatic carbocycles. The summed E-state index contributed by atoms with van der Waals surface area (Å²) in [5.74, 6) is -0.388. The smallest absolute Gasteiger partial charge is 0.282 e. The molecule has 0 aromatic heterocycles. The maximum Gasteiger partial charge on any atom is 0.282 e. The Morgan fingerprint density at radius 2 is 1.67 bits per heavy atom. The van der Waals surface area contributed by atoms with Gasteiger partial charge in [0.2, 0.25) is 0 Å². The van der Waals surface area contributed by atoms with Crippen LogP contribution in [-0.2, 0) is 32.9 Å². The van der Waals surface area contributed by atoms with Crippen LogP contribution in [0.2, 0.25) is 0 Å². The molecular formula is C14H22O4S3. The quantitative estimate of drug-likeness (QED) is 0.387. The predicted molar refractivity (Wildman–Crippen MR) is 90.4 cm³/mol. The second kappa shape index (κ2) is 8.45. The summed E-state index contributed by atoms with van der Waals surface area (Å²) in [6.07, 6.45) is 1.27. The zero-order chi connectivity index (χ0) is 15.9. The van der Waals surface area contributed by atoms with Crippen LogP contribution >= 0.6 is 10.8 Å². The highest BCUT2D eigenvalue weighted by Crippen LogP contribution is 2.27. The number of hydrogen-bond donors (Lipinski definition) is 0. The minimum absolute atomic E-state index is 0.544. The van der Waals surface area contributed by atoms with Crippen LogP contribution in [0.3, 0.4) is 0 Å². The third-order valence-corrected chi connectivity index (χ3v) is 8.18. The third kappa shape index (κ3) is 5.50. The lowest BCUT2D eigenvalue weighted by Crippen LogP contribution is -2.35. The minimum Gasteiger partial charge on any atom is -0.331 e. The van der Waals surface area contributed by atoms with Crippen LogP contribution in [0.1, 0.15) is 18.4 Å². The van der Waals surface area contributed by atoms with Crippen molar-refractivity contribution in [2.24, 2.45) is 0 Å². The maximum absolute atomic E-state index is 12.5. The predicted octanol–water partition coefficient (Wildman–Crippen LogP) is 3.12. The molecule has 0 saturated carbocycles. The first-order valence-electron chi connectivity index (χ1n) is 6.50. The second-order valence-electron chi connectivity index (χ2n) is 4.49. The zero-order valence-electron chi connectivity index (χ0n) is 12.8. The Labute approximate surface area is 135 Å². The van der Waals surface area contributed by atoms with Gasteiger partial charge in [-0.05, 0) is 36.7 Å². The first kappa shape index (κ1) is 18.9. The average Bonchev–Trinajstić information content (AvgIpc) is 2.49. The van der Waals surface area contributed by atoms with Crippen LogP contribution in [0, 0.1) is 6.92 Å². The lowest BCUT2D eigenvalue weighted by molar-refractivity contribution is -0.354. The summed E-state index contributed by atoms with van der Waals surface area (Å²) in [5.41, 5.74) is 1.12. The molecular weight excluding hydrogens is 328 g/mol. The van der Waals surface area contributed by atoms with Gasteiger partial charge in [-0.15, -0.1) is 0 Å². The summed E-state index contributed by atoms with van der Waals surface area (Å²) < 4.78 is 28.2. The van der Waals surface area contributed by atoms with Crippen LogP contribution in [0.15, 0.2) is 29.2 Å². The van der Waals surface area contributed by atoms with Gasteiger partial charge in [0.1, 0.15) is 7.52 Å². The van der Waals surface area contributed by atoms with Crippen molar-refractivity contribution >= 4 is 29.5 Å². The molecule has 4 nitrogen and oxygen atoms in total. The highest BCUT2D eigenvalue weighted by atomic mass is 33.3. The fourth-order valence-electron chi connectivity index (χ4n) is 1.79. The molecule has 0 spiro atoms. The van der Waals surface area contributed by atoms with E-state index in [1.54, 1.807) is 0 Å². The van der Waals surface area contributed by atoms with Gasteiger partial charge >= 0.3 is 0 Å². The van der Waals surface area contributed by atoms with Crippen molar-refractivity contribution in [1.29, 1.82) is 0 Å². The van der Waals surface area contributed by atoms with Crippen LogP contribution < -0.4 is 0 Å². The highest BCUT2D eigenvalue weighted by molar-refractivity contribution is 8.85. The van der Waals surface area contributed by atoms with Crippen molar-refractivity contribution in [3.63, 3.8) is 0 Å².